The van der Waals surface area contributed by atoms with Gasteiger partial charge in [-0.2, -0.15) is 0 Å². The highest BCUT2D eigenvalue weighted by Gasteiger charge is 2.29. The third kappa shape index (κ3) is 2.78. The van der Waals surface area contributed by atoms with Crippen LogP contribution in [-0.2, 0) is 13.2 Å². The molecule has 4 heteroatoms. The molecule has 0 saturated heterocycles. The van der Waals surface area contributed by atoms with Crippen LogP contribution in [0.2, 0.25) is 0 Å². The third-order valence-corrected chi connectivity index (χ3v) is 6.38. The number of aliphatic hydroxyl groups excluding tert-OH is 1. The second kappa shape index (κ2) is 7.17. The molecule has 4 nitrogen and oxygen atoms in total. The standard InChI is InChI=1S/C24H27NO3/c1-27-18-8-10-20-22(14-18)28-12-11-25-21-13-16(15-26)7-9-19(21)23(24(20)25)17-5-3-2-4-6-17/h7-10,13-14,17,26H,2-6,11-12,15H2,1H3. The van der Waals surface area contributed by atoms with E-state index in [1.165, 1.54) is 54.3 Å². The number of benzene rings is 2. The van der Waals surface area contributed by atoms with Crippen molar-refractivity contribution in [3.05, 3.63) is 47.5 Å². The predicted octanol–water partition coefficient (Wildman–Crippen LogP) is 5.25. The summed E-state index contributed by atoms with van der Waals surface area (Å²) in [7, 11) is 1.69. The Labute approximate surface area is 165 Å². The van der Waals surface area contributed by atoms with Crippen LogP contribution in [0, 0.1) is 0 Å². The topological polar surface area (TPSA) is 43.6 Å². The third-order valence-electron chi connectivity index (χ3n) is 6.38. The van der Waals surface area contributed by atoms with Gasteiger partial charge in [0.1, 0.15) is 18.1 Å². The minimum absolute atomic E-state index is 0.0689. The Kier molecular flexibility index (Phi) is 4.52. The lowest BCUT2D eigenvalue weighted by molar-refractivity contribution is 0.282. The summed E-state index contributed by atoms with van der Waals surface area (Å²) in [6, 6.07) is 12.6. The van der Waals surface area contributed by atoms with Gasteiger partial charge in [0, 0.05) is 22.5 Å². The van der Waals surface area contributed by atoms with Crippen molar-refractivity contribution in [3.8, 4) is 22.8 Å². The van der Waals surface area contributed by atoms with Gasteiger partial charge < -0.3 is 19.1 Å². The van der Waals surface area contributed by atoms with Crippen molar-refractivity contribution in [2.45, 2.75) is 51.2 Å². The fourth-order valence-electron chi connectivity index (χ4n) is 5.04. The van der Waals surface area contributed by atoms with E-state index in [0.717, 1.165) is 29.2 Å². The summed E-state index contributed by atoms with van der Waals surface area (Å²) >= 11 is 0. The average molecular weight is 377 g/mol. The van der Waals surface area contributed by atoms with Crippen LogP contribution in [0.25, 0.3) is 22.2 Å². The summed E-state index contributed by atoms with van der Waals surface area (Å²) in [5.41, 5.74) is 6.10. The van der Waals surface area contributed by atoms with Crippen molar-refractivity contribution in [1.29, 1.82) is 0 Å². The normalized spacial score (nSPS) is 16.9. The van der Waals surface area contributed by atoms with E-state index >= 15 is 0 Å². The lowest BCUT2D eigenvalue weighted by Crippen LogP contribution is -2.07. The molecule has 28 heavy (non-hydrogen) atoms. The van der Waals surface area contributed by atoms with Gasteiger partial charge in [-0.1, -0.05) is 31.4 Å². The minimum atomic E-state index is 0.0689. The molecule has 1 aliphatic carbocycles. The molecule has 0 unspecified atom stereocenters. The molecule has 2 heterocycles. The summed E-state index contributed by atoms with van der Waals surface area (Å²) in [5.74, 6) is 2.31. The first-order valence-electron chi connectivity index (χ1n) is 10.4. The van der Waals surface area contributed by atoms with Crippen molar-refractivity contribution in [3.63, 3.8) is 0 Å². The molecule has 0 atom stereocenters. The Morgan fingerprint density at radius 2 is 1.96 bits per heavy atom. The lowest BCUT2D eigenvalue weighted by Gasteiger charge is -2.23. The number of rotatable bonds is 3. The number of hydrogen-bond donors (Lipinski definition) is 1. The zero-order valence-corrected chi connectivity index (χ0v) is 16.4. The molecular weight excluding hydrogens is 350 g/mol. The van der Waals surface area contributed by atoms with Crippen LogP contribution in [0.3, 0.4) is 0 Å². The second-order valence-corrected chi connectivity index (χ2v) is 7.97. The maximum atomic E-state index is 9.68. The van der Waals surface area contributed by atoms with Crippen molar-refractivity contribution in [1.82, 2.24) is 4.57 Å². The van der Waals surface area contributed by atoms with Crippen molar-refractivity contribution >= 4 is 10.9 Å². The zero-order valence-electron chi connectivity index (χ0n) is 16.4. The fraction of sp³-hybridized carbons (Fsp3) is 0.417. The van der Waals surface area contributed by atoms with Crippen molar-refractivity contribution in [2.24, 2.45) is 0 Å². The van der Waals surface area contributed by atoms with E-state index in [1.54, 1.807) is 7.11 Å². The maximum absolute atomic E-state index is 9.68. The molecule has 0 amide bonds. The number of methoxy groups -OCH3 is 1. The highest BCUT2D eigenvalue weighted by Crippen LogP contribution is 2.47. The second-order valence-electron chi connectivity index (χ2n) is 7.97. The molecule has 1 saturated carbocycles. The van der Waals surface area contributed by atoms with Gasteiger partial charge >= 0.3 is 0 Å². The molecule has 0 radical (unpaired) electrons. The summed E-state index contributed by atoms with van der Waals surface area (Å²) in [4.78, 5) is 0. The fourth-order valence-corrected chi connectivity index (χ4v) is 5.04. The minimum Gasteiger partial charge on any atom is -0.497 e. The number of aliphatic hydroxyl groups is 1. The van der Waals surface area contributed by atoms with Crippen molar-refractivity contribution in [2.75, 3.05) is 13.7 Å². The van der Waals surface area contributed by atoms with E-state index in [4.69, 9.17) is 9.47 Å². The Morgan fingerprint density at radius 3 is 2.75 bits per heavy atom. The van der Waals surface area contributed by atoms with E-state index in [2.05, 4.69) is 28.8 Å². The number of nitrogens with zero attached hydrogens (tertiary/aromatic N) is 1. The Hall–Kier alpha value is -2.46. The molecule has 1 N–H and O–H groups in total. The molecule has 1 aliphatic heterocycles. The smallest absolute Gasteiger partial charge is 0.132 e. The number of fused-ring (bicyclic) bond motifs is 5. The zero-order chi connectivity index (χ0) is 19.1. The Morgan fingerprint density at radius 1 is 1.11 bits per heavy atom. The largest absolute Gasteiger partial charge is 0.497 e. The first-order chi connectivity index (χ1) is 13.8. The van der Waals surface area contributed by atoms with Crippen LogP contribution < -0.4 is 9.47 Å². The molecule has 2 aromatic carbocycles. The summed E-state index contributed by atoms with van der Waals surface area (Å²) < 4.78 is 14.0. The van der Waals surface area contributed by atoms with E-state index in [-0.39, 0.29) is 6.61 Å². The van der Waals surface area contributed by atoms with E-state index in [0.29, 0.717) is 12.5 Å². The van der Waals surface area contributed by atoms with E-state index in [1.807, 2.05) is 12.1 Å². The van der Waals surface area contributed by atoms with Gasteiger partial charge in [-0.3, -0.25) is 0 Å². The van der Waals surface area contributed by atoms with Crippen LogP contribution >= 0.6 is 0 Å². The molecule has 3 aromatic rings. The van der Waals surface area contributed by atoms with E-state index in [9.17, 15) is 5.11 Å². The maximum Gasteiger partial charge on any atom is 0.132 e. The van der Waals surface area contributed by atoms with Crippen LogP contribution in [0.1, 0.15) is 49.1 Å². The number of aromatic nitrogens is 1. The van der Waals surface area contributed by atoms with Crippen LogP contribution in [0.5, 0.6) is 11.5 Å². The SMILES string of the molecule is COc1ccc2c(c1)OCCn1c-2c(C2CCCCC2)c2ccc(CO)cc21. The summed E-state index contributed by atoms with van der Waals surface area (Å²) in [6.45, 7) is 1.51. The summed E-state index contributed by atoms with van der Waals surface area (Å²) in [5, 5.41) is 11.0. The van der Waals surface area contributed by atoms with E-state index < -0.39 is 0 Å². The van der Waals surface area contributed by atoms with Crippen molar-refractivity contribution < 1.29 is 14.6 Å². The summed E-state index contributed by atoms with van der Waals surface area (Å²) in [6.07, 6.45) is 6.45. The van der Waals surface area contributed by atoms with Crippen LogP contribution in [0.15, 0.2) is 36.4 Å². The lowest BCUT2D eigenvalue weighted by atomic mass is 9.81. The molecule has 1 aromatic heterocycles. The molecule has 1 fully saturated rings. The van der Waals surface area contributed by atoms with Gasteiger partial charge in [-0.25, -0.2) is 0 Å². The molecular formula is C24H27NO3. The molecule has 0 spiro atoms. The first kappa shape index (κ1) is 17.6. The predicted molar refractivity (Wildman–Crippen MR) is 111 cm³/mol. The number of ether oxygens (including phenoxy) is 2. The number of hydrogen-bond acceptors (Lipinski definition) is 3. The first-order valence-corrected chi connectivity index (χ1v) is 10.4. The van der Waals surface area contributed by atoms with Crippen LogP contribution in [-0.4, -0.2) is 23.4 Å². The van der Waals surface area contributed by atoms with Crippen LogP contribution in [0.4, 0.5) is 0 Å². The van der Waals surface area contributed by atoms with Gasteiger partial charge in [0.05, 0.1) is 26.0 Å². The van der Waals surface area contributed by atoms with Gasteiger partial charge in [-0.05, 0) is 48.1 Å². The Balaban J connectivity index is 1.80. The van der Waals surface area contributed by atoms with Gasteiger partial charge in [-0.15, -0.1) is 0 Å². The van der Waals surface area contributed by atoms with Gasteiger partial charge in [0.25, 0.3) is 0 Å². The average Bonchev–Trinajstić information content (AvgIpc) is 2.95. The monoisotopic (exact) mass is 377 g/mol. The molecule has 0 bridgehead atoms. The molecule has 146 valence electrons. The Bertz CT molecular complexity index is 1010. The quantitative estimate of drug-likeness (QED) is 0.678. The highest BCUT2D eigenvalue weighted by atomic mass is 16.5. The molecule has 5 rings (SSSR count). The van der Waals surface area contributed by atoms with Gasteiger partial charge in [0.2, 0.25) is 0 Å². The molecule has 2 aliphatic rings. The van der Waals surface area contributed by atoms with Gasteiger partial charge in [0.15, 0.2) is 0 Å². The highest BCUT2D eigenvalue weighted by molar-refractivity contribution is 5.94.